The van der Waals surface area contributed by atoms with Gasteiger partial charge in [0.25, 0.3) is 5.91 Å². The molecule has 6 heteroatoms. The molecule has 1 aromatic heterocycles. The van der Waals surface area contributed by atoms with Crippen molar-refractivity contribution in [2.24, 2.45) is 5.92 Å². The van der Waals surface area contributed by atoms with Crippen LogP contribution in [0.15, 0.2) is 34.9 Å². The average molecular weight is 365 g/mol. The van der Waals surface area contributed by atoms with Crippen LogP contribution in [0.4, 0.5) is 5.82 Å². The van der Waals surface area contributed by atoms with E-state index >= 15 is 0 Å². The van der Waals surface area contributed by atoms with Gasteiger partial charge in [0.2, 0.25) is 0 Å². The van der Waals surface area contributed by atoms with Gasteiger partial charge in [0.1, 0.15) is 11.9 Å². The van der Waals surface area contributed by atoms with Crippen molar-refractivity contribution >= 4 is 38.4 Å². The molecule has 0 bridgehead atoms. The minimum absolute atomic E-state index is 0.0918. The Hall–Kier alpha value is -1.50. The van der Waals surface area contributed by atoms with E-state index in [0.717, 1.165) is 21.7 Å². The number of anilines is 1. The number of rotatable bonds is 4. The van der Waals surface area contributed by atoms with Crippen LogP contribution in [0.5, 0.6) is 0 Å². The fourth-order valence-electron chi connectivity index (χ4n) is 2.74. The Bertz CT molecular complexity index is 686. The van der Waals surface area contributed by atoms with Gasteiger partial charge in [-0.05, 0) is 36.1 Å². The first-order chi connectivity index (χ1) is 10.7. The predicted octanol–water partition coefficient (Wildman–Crippen LogP) is 2.99. The molecule has 1 N–H and O–H groups in total. The summed E-state index contributed by atoms with van der Waals surface area (Å²) >= 11 is 3.45. The molecule has 0 aliphatic carbocycles. The van der Waals surface area contributed by atoms with Crippen molar-refractivity contribution in [2.45, 2.75) is 12.5 Å². The van der Waals surface area contributed by atoms with E-state index in [-0.39, 0.29) is 11.8 Å². The lowest BCUT2D eigenvalue weighted by atomic mass is 10.0. The standard InChI is InChI=1S/C16H17BrN2O3/c1-21-14(11-5-7-22-9-11)16(20)19-15-13-3-2-12(17)8-10(13)4-6-18-15/h2-4,6,8,11,14H,5,7,9H2,1H3,(H,18,19,20). The van der Waals surface area contributed by atoms with Gasteiger partial charge in [0, 0.05) is 35.7 Å². The molecule has 116 valence electrons. The van der Waals surface area contributed by atoms with Gasteiger partial charge in [-0.25, -0.2) is 4.98 Å². The molecule has 5 nitrogen and oxygen atoms in total. The van der Waals surface area contributed by atoms with Crippen LogP contribution in [0.2, 0.25) is 0 Å². The third kappa shape index (κ3) is 3.14. The molecule has 1 aromatic carbocycles. The highest BCUT2D eigenvalue weighted by atomic mass is 79.9. The number of methoxy groups -OCH3 is 1. The van der Waals surface area contributed by atoms with Gasteiger partial charge in [-0.3, -0.25) is 4.79 Å². The molecule has 0 radical (unpaired) electrons. The Morgan fingerprint density at radius 2 is 2.36 bits per heavy atom. The van der Waals surface area contributed by atoms with Crippen molar-refractivity contribution in [1.82, 2.24) is 4.98 Å². The topological polar surface area (TPSA) is 60.5 Å². The van der Waals surface area contributed by atoms with Crippen molar-refractivity contribution < 1.29 is 14.3 Å². The SMILES string of the molecule is COC(C(=O)Nc1nccc2cc(Br)ccc12)C1CCOC1. The maximum absolute atomic E-state index is 12.5. The van der Waals surface area contributed by atoms with E-state index in [1.807, 2.05) is 24.3 Å². The number of nitrogens with zero attached hydrogens (tertiary/aromatic N) is 1. The Labute approximate surface area is 137 Å². The number of fused-ring (bicyclic) bond motifs is 1. The number of amides is 1. The molecular weight excluding hydrogens is 348 g/mol. The number of pyridine rings is 1. The summed E-state index contributed by atoms with van der Waals surface area (Å²) in [6.07, 6.45) is 2.00. The molecule has 2 heterocycles. The first-order valence-corrected chi connectivity index (χ1v) is 7.94. The number of hydrogen-bond donors (Lipinski definition) is 1. The maximum Gasteiger partial charge on any atom is 0.255 e. The van der Waals surface area contributed by atoms with Gasteiger partial charge in [-0.2, -0.15) is 0 Å². The third-order valence-electron chi connectivity index (χ3n) is 3.87. The molecule has 1 amide bonds. The van der Waals surface area contributed by atoms with Gasteiger partial charge in [-0.1, -0.05) is 15.9 Å². The van der Waals surface area contributed by atoms with Crippen LogP contribution in [-0.2, 0) is 14.3 Å². The van der Waals surface area contributed by atoms with Gasteiger partial charge < -0.3 is 14.8 Å². The molecule has 1 fully saturated rings. The fourth-order valence-corrected chi connectivity index (χ4v) is 3.12. The first-order valence-electron chi connectivity index (χ1n) is 7.14. The van der Waals surface area contributed by atoms with Crippen molar-refractivity contribution in [3.05, 3.63) is 34.9 Å². The number of carbonyl (C=O) groups excluding carboxylic acids is 1. The first kappa shape index (κ1) is 15.4. The van der Waals surface area contributed by atoms with Gasteiger partial charge in [0.15, 0.2) is 0 Å². The van der Waals surface area contributed by atoms with E-state index in [1.54, 1.807) is 13.3 Å². The third-order valence-corrected chi connectivity index (χ3v) is 4.37. The zero-order chi connectivity index (χ0) is 15.5. The number of hydrogen-bond acceptors (Lipinski definition) is 4. The summed E-state index contributed by atoms with van der Waals surface area (Å²) in [5, 5.41) is 4.80. The Morgan fingerprint density at radius 3 is 3.09 bits per heavy atom. The summed E-state index contributed by atoms with van der Waals surface area (Å²) in [5.41, 5.74) is 0. The summed E-state index contributed by atoms with van der Waals surface area (Å²) < 4.78 is 11.7. The number of carbonyl (C=O) groups is 1. The predicted molar refractivity (Wildman–Crippen MR) is 87.8 cm³/mol. The summed E-state index contributed by atoms with van der Waals surface area (Å²) in [5.74, 6) is 0.464. The maximum atomic E-state index is 12.5. The van der Waals surface area contributed by atoms with Crippen LogP contribution in [0, 0.1) is 5.92 Å². The lowest BCUT2D eigenvalue weighted by molar-refractivity contribution is -0.128. The smallest absolute Gasteiger partial charge is 0.255 e. The van der Waals surface area contributed by atoms with Crippen molar-refractivity contribution in [3.63, 3.8) is 0 Å². The second-order valence-electron chi connectivity index (χ2n) is 5.29. The van der Waals surface area contributed by atoms with Crippen LogP contribution >= 0.6 is 15.9 Å². The second-order valence-corrected chi connectivity index (χ2v) is 6.21. The highest BCUT2D eigenvalue weighted by molar-refractivity contribution is 9.10. The zero-order valence-corrected chi connectivity index (χ0v) is 13.8. The number of halogens is 1. The van der Waals surface area contributed by atoms with Crippen LogP contribution in [0.3, 0.4) is 0 Å². The van der Waals surface area contributed by atoms with Crippen LogP contribution in [0.1, 0.15) is 6.42 Å². The lowest BCUT2D eigenvalue weighted by Gasteiger charge is -2.20. The van der Waals surface area contributed by atoms with Crippen LogP contribution in [-0.4, -0.2) is 37.3 Å². The molecule has 0 spiro atoms. The molecule has 2 unspecified atom stereocenters. The largest absolute Gasteiger partial charge is 0.381 e. The number of benzene rings is 1. The Balaban J connectivity index is 1.84. The number of ether oxygens (including phenoxy) is 2. The molecule has 2 aromatic rings. The normalized spacial score (nSPS) is 19.3. The number of nitrogens with one attached hydrogen (secondary N) is 1. The zero-order valence-electron chi connectivity index (χ0n) is 12.2. The summed E-state index contributed by atoms with van der Waals surface area (Å²) in [6.45, 7) is 1.24. The fraction of sp³-hybridized carbons (Fsp3) is 0.375. The van der Waals surface area contributed by atoms with Crippen LogP contribution in [0.25, 0.3) is 10.8 Å². The Kier molecular flexibility index (Phi) is 4.71. The van der Waals surface area contributed by atoms with E-state index in [0.29, 0.717) is 19.0 Å². The molecular formula is C16H17BrN2O3. The van der Waals surface area contributed by atoms with E-state index in [9.17, 15) is 4.79 Å². The summed E-state index contributed by atoms with van der Waals surface area (Å²) in [6, 6.07) is 7.76. The minimum atomic E-state index is -0.519. The van der Waals surface area contributed by atoms with Crippen molar-refractivity contribution in [1.29, 1.82) is 0 Å². The van der Waals surface area contributed by atoms with E-state index in [1.165, 1.54) is 0 Å². The summed E-state index contributed by atoms with van der Waals surface area (Å²) in [7, 11) is 1.55. The van der Waals surface area contributed by atoms with Gasteiger partial charge in [0.05, 0.1) is 6.61 Å². The van der Waals surface area contributed by atoms with Crippen molar-refractivity contribution in [2.75, 3.05) is 25.6 Å². The number of aromatic nitrogens is 1. The highest BCUT2D eigenvalue weighted by Gasteiger charge is 2.31. The van der Waals surface area contributed by atoms with E-state index < -0.39 is 6.10 Å². The minimum Gasteiger partial charge on any atom is -0.381 e. The lowest BCUT2D eigenvalue weighted by Crippen LogP contribution is -2.36. The van der Waals surface area contributed by atoms with Gasteiger partial charge in [-0.15, -0.1) is 0 Å². The molecule has 3 rings (SSSR count). The average Bonchev–Trinajstić information content (AvgIpc) is 3.02. The molecule has 22 heavy (non-hydrogen) atoms. The van der Waals surface area contributed by atoms with E-state index in [2.05, 4.69) is 26.2 Å². The highest BCUT2D eigenvalue weighted by Crippen LogP contribution is 2.26. The quantitative estimate of drug-likeness (QED) is 0.905. The molecule has 1 aliphatic rings. The van der Waals surface area contributed by atoms with E-state index in [4.69, 9.17) is 9.47 Å². The monoisotopic (exact) mass is 364 g/mol. The van der Waals surface area contributed by atoms with Gasteiger partial charge >= 0.3 is 0 Å². The van der Waals surface area contributed by atoms with Crippen molar-refractivity contribution in [3.8, 4) is 0 Å². The molecule has 1 aliphatic heterocycles. The molecule has 2 atom stereocenters. The summed E-state index contributed by atoms with van der Waals surface area (Å²) in [4.78, 5) is 16.8. The van der Waals surface area contributed by atoms with Crippen LogP contribution < -0.4 is 5.32 Å². The Morgan fingerprint density at radius 1 is 1.50 bits per heavy atom. The molecule has 1 saturated heterocycles. The molecule has 0 saturated carbocycles. The second kappa shape index (κ2) is 6.73.